The second-order valence-corrected chi connectivity index (χ2v) is 6.60. The zero-order valence-electron chi connectivity index (χ0n) is 15.3. The van der Waals surface area contributed by atoms with Crippen LogP contribution >= 0.6 is 0 Å². The number of furan rings is 1. The number of aromatic nitrogens is 3. The fourth-order valence-corrected chi connectivity index (χ4v) is 3.21. The minimum Gasteiger partial charge on any atom is -0.468 e. The first kappa shape index (κ1) is 17.2. The van der Waals surface area contributed by atoms with Gasteiger partial charge in [0, 0.05) is 43.6 Å². The standard InChI is InChI=1S/C22H22N4O/c1-18-24-11-12-26(18)21-8-6-19(7-9-21)15-25(17-22-5-3-13-27-22)16-20-4-2-10-23-14-20/h2-14H,15-17H2,1H3. The summed E-state index contributed by atoms with van der Waals surface area (Å²) in [6.45, 7) is 4.41. The fourth-order valence-electron chi connectivity index (χ4n) is 3.21. The van der Waals surface area contributed by atoms with Crippen LogP contribution in [-0.4, -0.2) is 19.4 Å². The zero-order valence-corrected chi connectivity index (χ0v) is 15.3. The average Bonchev–Trinajstić information content (AvgIpc) is 3.35. The molecule has 0 atom stereocenters. The van der Waals surface area contributed by atoms with E-state index >= 15 is 0 Å². The maximum atomic E-state index is 5.55. The van der Waals surface area contributed by atoms with Crippen molar-refractivity contribution in [3.05, 3.63) is 102 Å². The highest BCUT2D eigenvalue weighted by molar-refractivity contribution is 5.35. The molecule has 0 aliphatic rings. The molecule has 4 aromatic rings. The van der Waals surface area contributed by atoms with Crippen LogP contribution in [0.2, 0.25) is 0 Å². The highest BCUT2D eigenvalue weighted by Crippen LogP contribution is 2.16. The molecule has 3 aromatic heterocycles. The normalized spacial score (nSPS) is 11.2. The van der Waals surface area contributed by atoms with Gasteiger partial charge in [0.25, 0.3) is 0 Å². The Hall–Kier alpha value is -3.18. The Morgan fingerprint density at radius 2 is 1.78 bits per heavy atom. The molecular weight excluding hydrogens is 336 g/mol. The SMILES string of the molecule is Cc1nccn1-c1ccc(CN(Cc2cccnc2)Cc2ccco2)cc1. The predicted molar refractivity (Wildman–Crippen MR) is 104 cm³/mol. The third-order valence-electron chi connectivity index (χ3n) is 4.53. The Morgan fingerprint density at radius 3 is 2.44 bits per heavy atom. The highest BCUT2D eigenvalue weighted by atomic mass is 16.3. The van der Waals surface area contributed by atoms with Crippen molar-refractivity contribution in [1.82, 2.24) is 19.4 Å². The van der Waals surface area contributed by atoms with Crippen molar-refractivity contribution in [3.8, 4) is 5.69 Å². The Morgan fingerprint density at radius 1 is 0.926 bits per heavy atom. The molecule has 0 aliphatic heterocycles. The van der Waals surface area contributed by atoms with E-state index in [-0.39, 0.29) is 0 Å². The molecule has 0 spiro atoms. The molecule has 0 radical (unpaired) electrons. The predicted octanol–water partition coefficient (Wildman–Crippen LogP) is 4.37. The van der Waals surface area contributed by atoms with Crippen LogP contribution in [-0.2, 0) is 19.6 Å². The number of benzene rings is 1. The van der Waals surface area contributed by atoms with Gasteiger partial charge in [0.1, 0.15) is 11.6 Å². The number of pyridine rings is 1. The molecule has 27 heavy (non-hydrogen) atoms. The lowest BCUT2D eigenvalue weighted by molar-refractivity contribution is 0.226. The van der Waals surface area contributed by atoms with Gasteiger partial charge in [0.15, 0.2) is 0 Å². The van der Waals surface area contributed by atoms with Crippen molar-refractivity contribution in [1.29, 1.82) is 0 Å². The number of imidazole rings is 1. The van der Waals surface area contributed by atoms with Crippen LogP contribution in [0.25, 0.3) is 5.69 Å². The summed E-state index contributed by atoms with van der Waals surface area (Å²) in [6.07, 6.45) is 9.25. The summed E-state index contributed by atoms with van der Waals surface area (Å²) in [5, 5.41) is 0. The van der Waals surface area contributed by atoms with Gasteiger partial charge < -0.3 is 8.98 Å². The maximum Gasteiger partial charge on any atom is 0.117 e. The van der Waals surface area contributed by atoms with E-state index in [1.807, 2.05) is 43.7 Å². The lowest BCUT2D eigenvalue weighted by Crippen LogP contribution is -2.22. The number of rotatable bonds is 7. The van der Waals surface area contributed by atoms with E-state index in [4.69, 9.17) is 4.42 Å². The van der Waals surface area contributed by atoms with Crippen molar-refractivity contribution in [2.75, 3.05) is 0 Å². The van der Waals surface area contributed by atoms with Gasteiger partial charge in [-0.15, -0.1) is 0 Å². The van der Waals surface area contributed by atoms with Crippen molar-refractivity contribution in [2.24, 2.45) is 0 Å². The van der Waals surface area contributed by atoms with E-state index < -0.39 is 0 Å². The third-order valence-corrected chi connectivity index (χ3v) is 4.53. The molecule has 136 valence electrons. The van der Waals surface area contributed by atoms with Crippen LogP contribution in [0.5, 0.6) is 0 Å². The van der Waals surface area contributed by atoms with Gasteiger partial charge in [-0.2, -0.15) is 0 Å². The first-order valence-corrected chi connectivity index (χ1v) is 9.01. The van der Waals surface area contributed by atoms with Gasteiger partial charge in [-0.05, 0) is 48.4 Å². The third kappa shape index (κ3) is 4.33. The Bertz CT molecular complexity index is 959. The lowest BCUT2D eigenvalue weighted by Gasteiger charge is -2.21. The van der Waals surface area contributed by atoms with Gasteiger partial charge in [-0.3, -0.25) is 9.88 Å². The molecule has 1 aromatic carbocycles. The second kappa shape index (κ2) is 8.01. The van der Waals surface area contributed by atoms with Gasteiger partial charge in [-0.25, -0.2) is 4.98 Å². The van der Waals surface area contributed by atoms with Gasteiger partial charge >= 0.3 is 0 Å². The Kier molecular flexibility index (Phi) is 5.12. The van der Waals surface area contributed by atoms with Gasteiger partial charge in [0.2, 0.25) is 0 Å². The smallest absolute Gasteiger partial charge is 0.117 e. The Labute approximate surface area is 158 Å². The molecule has 5 heteroatoms. The maximum absolute atomic E-state index is 5.55. The first-order chi connectivity index (χ1) is 13.3. The van der Waals surface area contributed by atoms with Crippen LogP contribution < -0.4 is 0 Å². The number of hydrogen-bond donors (Lipinski definition) is 0. The van der Waals surface area contributed by atoms with Crippen molar-refractivity contribution < 1.29 is 4.42 Å². The molecule has 4 rings (SSSR count). The molecule has 0 amide bonds. The van der Waals surface area contributed by atoms with Gasteiger partial charge in [-0.1, -0.05) is 18.2 Å². The van der Waals surface area contributed by atoms with Crippen molar-refractivity contribution in [2.45, 2.75) is 26.6 Å². The average molecular weight is 358 g/mol. The minimum atomic E-state index is 0.754. The van der Waals surface area contributed by atoms with Crippen LogP contribution in [0.4, 0.5) is 0 Å². The second-order valence-electron chi connectivity index (χ2n) is 6.60. The molecule has 3 heterocycles. The summed E-state index contributed by atoms with van der Waals surface area (Å²) in [5.41, 5.74) is 3.57. The van der Waals surface area contributed by atoms with E-state index in [0.717, 1.165) is 36.9 Å². The quantitative estimate of drug-likeness (QED) is 0.492. The summed E-state index contributed by atoms with van der Waals surface area (Å²) in [5.74, 6) is 1.95. The van der Waals surface area contributed by atoms with E-state index in [1.54, 1.807) is 12.5 Å². The summed E-state index contributed by atoms with van der Waals surface area (Å²) in [6, 6.07) is 16.6. The molecule has 0 bridgehead atoms. The number of hydrogen-bond acceptors (Lipinski definition) is 4. The van der Waals surface area contributed by atoms with Crippen LogP contribution in [0.3, 0.4) is 0 Å². The topological polar surface area (TPSA) is 47.1 Å². The van der Waals surface area contributed by atoms with E-state index in [2.05, 4.69) is 49.8 Å². The molecule has 0 unspecified atom stereocenters. The van der Waals surface area contributed by atoms with Crippen molar-refractivity contribution >= 4 is 0 Å². The number of aryl methyl sites for hydroxylation is 1. The summed E-state index contributed by atoms with van der Waals surface area (Å²) in [4.78, 5) is 10.9. The largest absolute Gasteiger partial charge is 0.468 e. The monoisotopic (exact) mass is 358 g/mol. The lowest BCUT2D eigenvalue weighted by atomic mass is 10.1. The van der Waals surface area contributed by atoms with Crippen LogP contribution in [0.15, 0.2) is 84.0 Å². The molecule has 0 N–H and O–H groups in total. The zero-order chi connectivity index (χ0) is 18.5. The molecule has 0 saturated carbocycles. The number of nitrogens with zero attached hydrogens (tertiary/aromatic N) is 4. The summed E-state index contributed by atoms with van der Waals surface area (Å²) >= 11 is 0. The Balaban J connectivity index is 1.51. The molecule has 0 saturated heterocycles. The molecular formula is C22H22N4O. The van der Waals surface area contributed by atoms with E-state index in [1.165, 1.54) is 11.1 Å². The molecule has 5 nitrogen and oxygen atoms in total. The first-order valence-electron chi connectivity index (χ1n) is 9.01. The summed E-state index contributed by atoms with van der Waals surface area (Å²) < 4.78 is 7.64. The minimum absolute atomic E-state index is 0.754. The summed E-state index contributed by atoms with van der Waals surface area (Å²) in [7, 11) is 0. The van der Waals surface area contributed by atoms with Crippen LogP contribution in [0.1, 0.15) is 22.7 Å². The van der Waals surface area contributed by atoms with E-state index in [0.29, 0.717) is 0 Å². The van der Waals surface area contributed by atoms with Gasteiger partial charge in [0.05, 0.1) is 12.8 Å². The molecule has 0 aliphatic carbocycles. The van der Waals surface area contributed by atoms with Crippen LogP contribution in [0, 0.1) is 6.92 Å². The molecule has 0 fully saturated rings. The van der Waals surface area contributed by atoms with E-state index in [9.17, 15) is 0 Å². The highest BCUT2D eigenvalue weighted by Gasteiger charge is 2.11. The fraction of sp³-hybridized carbons (Fsp3) is 0.182. The van der Waals surface area contributed by atoms with Crippen molar-refractivity contribution in [3.63, 3.8) is 0 Å².